The van der Waals surface area contributed by atoms with Gasteiger partial charge in [-0.2, -0.15) is 0 Å². The number of nitrogens with two attached hydrogens (primary N) is 1. The molecule has 0 saturated carbocycles. The first-order chi connectivity index (χ1) is 6.24. The maximum absolute atomic E-state index is 12.8. The molecule has 0 unspecified atom stereocenters. The lowest BCUT2D eigenvalue weighted by molar-refractivity contribution is 0.100. The highest BCUT2D eigenvalue weighted by Crippen LogP contribution is 2.17. The van der Waals surface area contributed by atoms with Gasteiger partial charge in [-0.05, 0) is 12.1 Å². The van der Waals surface area contributed by atoms with Crippen molar-refractivity contribution in [1.82, 2.24) is 0 Å². The minimum atomic E-state index is -0.739. The third kappa shape index (κ3) is 2.96. The summed E-state index contributed by atoms with van der Waals surface area (Å²) in [6.45, 7) is 0.274. The number of halogens is 2. The van der Waals surface area contributed by atoms with Crippen molar-refractivity contribution in [3.8, 4) is 5.75 Å². The van der Waals surface area contributed by atoms with E-state index in [1.54, 1.807) is 0 Å². The Morgan fingerprint density at radius 2 is 2.00 bits per heavy atom. The van der Waals surface area contributed by atoms with E-state index in [4.69, 9.17) is 10.6 Å². The molecule has 5 heteroatoms. The Morgan fingerprint density at radius 3 is 2.62 bits per heavy atom. The maximum atomic E-state index is 12.8. The van der Waals surface area contributed by atoms with Gasteiger partial charge in [-0.15, -0.1) is 0 Å². The van der Waals surface area contributed by atoms with E-state index in [0.717, 1.165) is 12.1 Å². The molecule has 0 saturated heterocycles. The summed E-state index contributed by atoms with van der Waals surface area (Å²) in [6.07, 6.45) is 0. The smallest absolute Gasteiger partial charge is 0.167 e. The van der Waals surface area contributed by atoms with Crippen LogP contribution in [0.2, 0.25) is 0 Å². The van der Waals surface area contributed by atoms with Gasteiger partial charge >= 0.3 is 0 Å². The van der Waals surface area contributed by atoms with Crippen molar-refractivity contribution in [2.75, 3.05) is 13.2 Å². The fraction of sp³-hybridized carbons (Fsp3) is 0.250. The van der Waals surface area contributed by atoms with Crippen LogP contribution in [-0.2, 0) is 4.84 Å². The predicted octanol–water partition coefficient (Wildman–Crippen LogP) is 1.23. The molecule has 0 amide bonds. The molecule has 0 aliphatic carbocycles. The standard InChI is InChI=1S/C8H9F2NO2/c9-6-1-2-8(7(10)5-6)12-3-4-13-11/h1-2,5H,3-4,11H2. The molecule has 72 valence electrons. The van der Waals surface area contributed by atoms with Crippen molar-refractivity contribution in [1.29, 1.82) is 0 Å². The topological polar surface area (TPSA) is 44.5 Å². The summed E-state index contributed by atoms with van der Waals surface area (Å²) >= 11 is 0. The van der Waals surface area contributed by atoms with Gasteiger partial charge in [-0.3, -0.25) is 0 Å². The van der Waals surface area contributed by atoms with Crippen molar-refractivity contribution in [3.05, 3.63) is 29.8 Å². The number of hydrogen-bond donors (Lipinski definition) is 1. The van der Waals surface area contributed by atoms with E-state index in [0.29, 0.717) is 0 Å². The molecule has 1 aromatic carbocycles. The van der Waals surface area contributed by atoms with Crippen LogP contribution in [0.3, 0.4) is 0 Å². The first kappa shape index (κ1) is 9.88. The van der Waals surface area contributed by atoms with Crippen LogP contribution in [0.15, 0.2) is 18.2 Å². The first-order valence-corrected chi connectivity index (χ1v) is 3.63. The number of rotatable bonds is 4. The van der Waals surface area contributed by atoms with Crippen molar-refractivity contribution in [2.24, 2.45) is 5.90 Å². The molecule has 0 spiro atoms. The van der Waals surface area contributed by atoms with E-state index < -0.39 is 11.6 Å². The fourth-order valence-corrected chi connectivity index (χ4v) is 0.792. The maximum Gasteiger partial charge on any atom is 0.167 e. The van der Waals surface area contributed by atoms with Crippen LogP contribution >= 0.6 is 0 Å². The van der Waals surface area contributed by atoms with E-state index in [-0.39, 0.29) is 19.0 Å². The molecular formula is C8H9F2NO2. The lowest BCUT2D eigenvalue weighted by atomic mass is 10.3. The Kier molecular flexibility index (Phi) is 3.60. The van der Waals surface area contributed by atoms with Crippen molar-refractivity contribution in [2.45, 2.75) is 0 Å². The number of ether oxygens (including phenoxy) is 1. The minimum absolute atomic E-state index is 0.0153. The molecule has 0 fully saturated rings. The SMILES string of the molecule is NOCCOc1ccc(F)cc1F. The summed E-state index contributed by atoms with van der Waals surface area (Å²) < 4.78 is 30.1. The zero-order chi connectivity index (χ0) is 9.68. The molecule has 3 nitrogen and oxygen atoms in total. The zero-order valence-electron chi connectivity index (χ0n) is 6.80. The highest BCUT2D eigenvalue weighted by Gasteiger charge is 2.03. The molecule has 2 N–H and O–H groups in total. The molecule has 1 aromatic rings. The van der Waals surface area contributed by atoms with Crippen molar-refractivity contribution in [3.63, 3.8) is 0 Å². The van der Waals surface area contributed by atoms with Crippen LogP contribution in [0.4, 0.5) is 8.78 Å². The van der Waals surface area contributed by atoms with Gasteiger partial charge in [0.2, 0.25) is 0 Å². The van der Waals surface area contributed by atoms with Gasteiger partial charge in [-0.25, -0.2) is 14.7 Å². The Morgan fingerprint density at radius 1 is 1.23 bits per heavy atom. The predicted molar refractivity (Wildman–Crippen MR) is 42.0 cm³/mol. The minimum Gasteiger partial charge on any atom is -0.488 e. The second-order valence-corrected chi connectivity index (χ2v) is 2.29. The summed E-state index contributed by atoms with van der Waals surface area (Å²) in [4.78, 5) is 4.21. The monoisotopic (exact) mass is 189 g/mol. The van der Waals surface area contributed by atoms with Crippen LogP contribution in [0.1, 0.15) is 0 Å². The first-order valence-electron chi connectivity index (χ1n) is 3.63. The van der Waals surface area contributed by atoms with Crippen molar-refractivity contribution >= 4 is 0 Å². The largest absolute Gasteiger partial charge is 0.488 e. The van der Waals surface area contributed by atoms with Gasteiger partial charge in [0.1, 0.15) is 19.0 Å². The van der Waals surface area contributed by atoms with Crippen molar-refractivity contribution < 1.29 is 18.4 Å². The molecule has 13 heavy (non-hydrogen) atoms. The molecule has 0 heterocycles. The highest BCUT2D eigenvalue weighted by molar-refractivity contribution is 5.24. The summed E-state index contributed by atoms with van der Waals surface area (Å²) in [5.74, 6) is 3.33. The molecule has 0 aromatic heterocycles. The summed E-state index contributed by atoms with van der Waals surface area (Å²) in [5.41, 5.74) is 0. The lowest BCUT2D eigenvalue weighted by Crippen LogP contribution is -2.10. The Labute approximate surface area is 74.0 Å². The Bertz CT molecular complexity index is 281. The summed E-state index contributed by atoms with van der Waals surface area (Å²) in [5, 5.41) is 0. The van der Waals surface area contributed by atoms with E-state index in [1.165, 1.54) is 6.07 Å². The number of hydrogen-bond acceptors (Lipinski definition) is 3. The third-order valence-corrected chi connectivity index (χ3v) is 1.35. The molecule has 0 bridgehead atoms. The van der Waals surface area contributed by atoms with Gasteiger partial charge in [0.05, 0.1) is 0 Å². The lowest BCUT2D eigenvalue weighted by Gasteiger charge is -2.05. The quantitative estimate of drug-likeness (QED) is 0.572. The molecule has 1 rings (SSSR count). The van der Waals surface area contributed by atoms with Crippen LogP contribution in [0.25, 0.3) is 0 Å². The molecular weight excluding hydrogens is 180 g/mol. The van der Waals surface area contributed by atoms with Gasteiger partial charge in [-0.1, -0.05) is 0 Å². The average molecular weight is 189 g/mol. The second-order valence-electron chi connectivity index (χ2n) is 2.29. The summed E-state index contributed by atoms with van der Waals surface area (Å²) in [7, 11) is 0. The molecule has 0 atom stereocenters. The Hall–Kier alpha value is -1.20. The zero-order valence-corrected chi connectivity index (χ0v) is 6.80. The van der Waals surface area contributed by atoms with Gasteiger partial charge in [0, 0.05) is 6.07 Å². The normalized spacial score (nSPS) is 10.1. The van der Waals surface area contributed by atoms with E-state index in [1.807, 2.05) is 0 Å². The van der Waals surface area contributed by atoms with Gasteiger partial charge in [0.25, 0.3) is 0 Å². The van der Waals surface area contributed by atoms with Crippen LogP contribution in [-0.4, -0.2) is 13.2 Å². The van der Waals surface area contributed by atoms with E-state index >= 15 is 0 Å². The van der Waals surface area contributed by atoms with Crippen LogP contribution in [0, 0.1) is 11.6 Å². The molecule has 0 radical (unpaired) electrons. The van der Waals surface area contributed by atoms with Gasteiger partial charge < -0.3 is 9.57 Å². The molecule has 0 aliphatic heterocycles. The van der Waals surface area contributed by atoms with Crippen LogP contribution in [0.5, 0.6) is 5.75 Å². The number of benzene rings is 1. The summed E-state index contributed by atoms with van der Waals surface area (Å²) in [6, 6.07) is 3.07. The molecule has 0 aliphatic rings. The highest BCUT2D eigenvalue weighted by atomic mass is 19.1. The second kappa shape index (κ2) is 4.74. The van der Waals surface area contributed by atoms with Gasteiger partial charge in [0.15, 0.2) is 11.6 Å². The van der Waals surface area contributed by atoms with E-state index in [2.05, 4.69) is 4.84 Å². The van der Waals surface area contributed by atoms with E-state index in [9.17, 15) is 8.78 Å². The average Bonchev–Trinajstić information content (AvgIpc) is 2.09. The third-order valence-electron chi connectivity index (χ3n) is 1.35. The Balaban J connectivity index is 2.56. The van der Waals surface area contributed by atoms with Crippen LogP contribution < -0.4 is 10.6 Å². The fourth-order valence-electron chi connectivity index (χ4n) is 0.792.